The number of ether oxygens (including phenoxy) is 1. The van der Waals surface area contributed by atoms with Crippen LogP contribution in [0.15, 0.2) is 23.2 Å². The zero-order valence-electron chi connectivity index (χ0n) is 10.3. The van der Waals surface area contributed by atoms with Crippen molar-refractivity contribution in [3.63, 3.8) is 0 Å². The Balaban J connectivity index is 1.93. The number of halogens is 1. The fourth-order valence-electron chi connectivity index (χ4n) is 2.84. The number of pyridine rings is 1. The predicted octanol–water partition coefficient (Wildman–Crippen LogP) is 1.68. The molecule has 0 radical (unpaired) electrons. The van der Waals surface area contributed by atoms with Crippen molar-refractivity contribution in [2.45, 2.75) is 36.3 Å². The zero-order valence-corrected chi connectivity index (χ0v) is 11.9. The number of morpholine rings is 1. The highest BCUT2D eigenvalue weighted by molar-refractivity contribution is 7.89. The van der Waals surface area contributed by atoms with Gasteiger partial charge in [0.2, 0.25) is 10.0 Å². The zero-order chi connectivity index (χ0) is 13.5. The van der Waals surface area contributed by atoms with Gasteiger partial charge in [-0.2, -0.15) is 4.31 Å². The van der Waals surface area contributed by atoms with Gasteiger partial charge in [0.15, 0.2) is 0 Å². The lowest BCUT2D eigenvalue weighted by molar-refractivity contribution is -0.0241. The molecule has 0 amide bonds. The summed E-state index contributed by atoms with van der Waals surface area (Å²) < 4.78 is 32.5. The molecule has 7 heteroatoms. The molecule has 0 spiro atoms. The molecule has 1 aliphatic heterocycles. The second kappa shape index (κ2) is 5.01. The Hall–Kier alpha value is -0.690. The lowest BCUT2D eigenvalue weighted by Crippen LogP contribution is -2.51. The first kappa shape index (κ1) is 13.3. The molecule has 1 aromatic rings. The summed E-state index contributed by atoms with van der Waals surface area (Å²) in [4.78, 5) is 4.05. The molecule has 5 nitrogen and oxygen atoms in total. The topological polar surface area (TPSA) is 59.5 Å². The van der Waals surface area contributed by atoms with Crippen LogP contribution in [0.2, 0.25) is 5.15 Å². The normalized spacial score (nSPS) is 28.3. The van der Waals surface area contributed by atoms with Gasteiger partial charge in [-0.05, 0) is 31.4 Å². The third kappa shape index (κ3) is 2.38. The van der Waals surface area contributed by atoms with Gasteiger partial charge >= 0.3 is 0 Å². The molecule has 1 saturated carbocycles. The van der Waals surface area contributed by atoms with E-state index in [0.717, 1.165) is 19.3 Å². The standard InChI is InChI=1S/C12H15ClN2O3S/c13-12-5-4-9(8-14-12)19(16,17)15-6-7-18-11-3-1-2-10(11)15/h4-5,8,10-11H,1-3,6-7H2. The number of sulfonamides is 1. The van der Waals surface area contributed by atoms with Crippen LogP contribution in [0.4, 0.5) is 0 Å². The van der Waals surface area contributed by atoms with E-state index in [1.54, 1.807) is 4.31 Å². The van der Waals surface area contributed by atoms with Gasteiger partial charge in [-0.3, -0.25) is 0 Å². The minimum absolute atomic E-state index is 0.0329. The third-order valence-corrected chi connectivity index (χ3v) is 5.87. The van der Waals surface area contributed by atoms with Crippen molar-refractivity contribution >= 4 is 21.6 Å². The van der Waals surface area contributed by atoms with E-state index in [9.17, 15) is 8.42 Å². The molecule has 0 bridgehead atoms. The molecule has 1 aromatic heterocycles. The minimum Gasteiger partial charge on any atom is -0.375 e. The summed E-state index contributed by atoms with van der Waals surface area (Å²) in [5, 5.41) is 0.291. The van der Waals surface area contributed by atoms with Crippen LogP contribution < -0.4 is 0 Å². The molecule has 0 N–H and O–H groups in total. The van der Waals surface area contributed by atoms with Gasteiger partial charge in [-0.1, -0.05) is 11.6 Å². The number of nitrogens with zero attached hydrogens (tertiary/aromatic N) is 2. The molecule has 2 unspecified atom stereocenters. The number of hydrogen-bond donors (Lipinski definition) is 0. The van der Waals surface area contributed by atoms with Gasteiger partial charge in [0.25, 0.3) is 0 Å². The maximum Gasteiger partial charge on any atom is 0.245 e. The van der Waals surface area contributed by atoms with E-state index in [2.05, 4.69) is 4.98 Å². The third-order valence-electron chi connectivity index (χ3n) is 3.74. The van der Waals surface area contributed by atoms with E-state index in [1.165, 1.54) is 18.3 Å². The Bertz CT molecular complexity index is 561. The van der Waals surface area contributed by atoms with E-state index >= 15 is 0 Å². The monoisotopic (exact) mass is 302 g/mol. The largest absolute Gasteiger partial charge is 0.375 e. The molecular formula is C12H15ClN2O3S. The van der Waals surface area contributed by atoms with Crippen molar-refractivity contribution in [2.24, 2.45) is 0 Å². The van der Waals surface area contributed by atoms with Crippen LogP contribution in [-0.4, -0.2) is 43.0 Å². The number of aromatic nitrogens is 1. The summed E-state index contributed by atoms with van der Waals surface area (Å²) in [6.07, 6.45) is 4.18. The number of rotatable bonds is 2. The van der Waals surface area contributed by atoms with E-state index in [1.807, 2.05) is 0 Å². The first-order valence-electron chi connectivity index (χ1n) is 6.34. The second-order valence-corrected chi connectivity index (χ2v) is 7.12. The smallest absolute Gasteiger partial charge is 0.245 e. The number of fused-ring (bicyclic) bond motifs is 1. The highest BCUT2D eigenvalue weighted by Gasteiger charge is 2.42. The minimum atomic E-state index is -3.50. The fourth-order valence-corrected chi connectivity index (χ4v) is 4.56. The van der Waals surface area contributed by atoms with Gasteiger partial charge < -0.3 is 4.74 Å². The second-order valence-electron chi connectivity index (χ2n) is 4.84. The molecule has 2 aliphatic rings. The lowest BCUT2D eigenvalue weighted by atomic mass is 10.2. The van der Waals surface area contributed by atoms with Crippen LogP contribution in [0.1, 0.15) is 19.3 Å². The van der Waals surface area contributed by atoms with E-state index in [4.69, 9.17) is 16.3 Å². The first-order valence-corrected chi connectivity index (χ1v) is 8.16. The maximum absolute atomic E-state index is 12.6. The van der Waals surface area contributed by atoms with Crippen molar-refractivity contribution in [3.05, 3.63) is 23.5 Å². The summed E-state index contributed by atoms with van der Waals surface area (Å²) >= 11 is 5.70. The molecule has 0 aromatic carbocycles. The van der Waals surface area contributed by atoms with Crippen LogP contribution in [0, 0.1) is 0 Å². The first-order chi connectivity index (χ1) is 9.09. The highest BCUT2D eigenvalue weighted by atomic mass is 35.5. The van der Waals surface area contributed by atoms with Gasteiger partial charge in [-0.25, -0.2) is 13.4 Å². The average Bonchev–Trinajstić information content (AvgIpc) is 2.87. The number of hydrogen-bond acceptors (Lipinski definition) is 4. The summed E-state index contributed by atoms with van der Waals surface area (Å²) in [5.74, 6) is 0. The molecular weight excluding hydrogens is 288 g/mol. The SMILES string of the molecule is O=S(=O)(c1ccc(Cl)nc1)N1CCOC2CCCC21. The van der Waals surface area contributed by atoms with Crippen LogP contribution in [0.5, 0.6) is 0 Å². The molecule has 2 heterocycles. The van der Waals surface area contributed by atoms with Crippen molar-refractivity contribution in [3.8, 4) is 0 Å². The van der Waals surface area contributed by atoms with Crippen molar-refractivity contribution in [2.75, 3.05) is 13.2 Å². The van der Waals surface area contributed by atoms with E-state index in [0.29, 0.717) is 18.3 Å². The maximum atomic E-state index is 12.6. The van der Waals surface area contributed by atoms with Crippen LogP contribution in [-0.2, 0) is 14.8 Å². The summed E-state index contributed by atoms with van der Waals surface area (Å²) in [6, 6.07) is 2.97. The Morgan fingerprint density at radius 1 is 1.37 bits per heavy atom. The highest BCUT2D eigenvalue weighted by Crippen LogP contribution is 2.33. The molecule has 3 rings (SSSR count). The average molecular weight is 303 g/mol. The van der Waals surface area contributed by atoms with E-state index < -0.39 is 10.0 Å². The fraction of sp³-hybridized carbons (Fsp3) is 0.583. The lowest BCUT2D eigenvalue weighted by Gasteiger charge is -2.36. The van der Waals surface area contributed by atoms with Gasteiger partial charge in [-0.15, -0.1) is 0 Å². The van der Waals surface area contributed by atoms with Gasteiger partial charge in [0.1, 0.15) is 10.0 Å². The Labute approximate surface area is 117 Å². The Kier molecular flexibility index (Phi) is 3.51. The van der Waals surface area contributed by atoms with Crippen molar-refractivity contribution < 1.29 is 13.2 Å². The molecule has 1 saturated heterocycles. The van der Waals surface area contributed by atoms with Gasteiger partial charge in [0, 0.05) is 12.7 Å². The summed E-state index contributed by atoms with van der Waals surface area (Å²) in [6.45, 7) is 0.869. The van der Waals surface area contributed by atoms with Gasteiger partial charge in [0.05, 0.1) is 18.8 Å². The Morgan fingerprint density at radius 2 is 2.21 bits per heavy atom. The van der Waals surface area contributed by atoms with Crippen LogP contribution >= 0.6 is 11.6 Å². The van der Waals surface area contributed by atoms with Crippen molar-refractivity contribution in [1.29, 1.82) is 0 Å². The van der Waals surface area contributed by atoms with E-state index in [-0.39, 0.29) is 17.0 Å². The molecule has 19 heavy (non-hydrogen) atoms. The predicted molar refractivity (Wildman–Crippen MR) is 70.5 cm³/mol. The van der Waals surface area contributed by atoms with Crippen LogP contribution in [0.25, 0.3) is 0 Å². The summed E-state index contributed by atoms with van der Waals surface area (Å²) in [7, 11) is -3.50. The Morgan fingerprint density at radius 3 is 2.95 bits per heavy atom. The molecule has 1 aliphatic carbocycles. The summed E-state index contributed by atoms with van der Waals surface area (Å²) in [5.41, 5.74) is 0. The molecule has 104 valence electrons. The molecule has 2 fully saturated rings. The molecule has 2 atom stereocenters. The van der Waals surface area contributed by atoms with Crippen molar-refractivity contribution in [1.82, 2.24) is 9.29 Å². The van der Waals surface area contributed by atoms with Crippen LogP contribution in [0.3, 0.4) is 0 Å². The quantitative estimate of drug-likeness (QED) is 0.780.